The molecule has 0 N–H and O–H groups in total. The Labute approximate surface area is 96.6 Å². The van der Waals surface area contributed by atoms with Crippen molar-refractivity contribution in [1.82, 2.24) is 0 Å². The number of ether oxygens (including phenoxy) is 1. The summed E-state index contributed by atoms with van der Waals surface area (Å²) in [7, 11) is 0. The maximum Gasteiger partial charge on any atom is 0.0598 e. The molecule has 0 amide bonds. The van der Waals surface area contributed by atoms with Gasteiger partial charge in [0, 0.05) is 6.61 Å². The lowest BCUT2D eigenvalue weighted by molar-refractivity contribution is 0.00532. The molecule has 92 valence electrons. The third-order valence-electron chi connectivity index (χ3n) is 2.88. The monoisotopic (exact) mass is 214 g/mol. The first-order valence-electron chi connectivity index (χ1n) is 6.63. The first-order chi connectivity index (χ1) is 6.99. The molecule has 0 aromatic heterocycles. The molecular formula is C14H30O. The summed E-state index contributed by atoms with van der Waals surface area (Å²) in [6, 6.07) is 0. The maximum absolute atomic E-state index is 5.23. The van der Waals surface area contributed by atoms with Gasteiger partial charge in [-0.1, -0.05) is 45.4 Å². The zero-order chi connectivity index (χ0) is 11.7. The van der Waals surface area contributed by atoms with Crippen molar-refractivity contribution in [2.45, 2.75) is 78.7 Å². The van der Waals surface area contributed by atoms with Crippen molar-refractivity contribution in [3.8, 4) is 0 Å². The summed E-state index contributed by atoms with van der Waals surface area (Å²) in [5.74, 6) is 1.09. The third kappa shape index (κ3) is 10.2. The van der Waals surface area contributed by atoms with E-state index in [4.69, 9.17) is 4.74 Å². The Morgan fingerprint density at radius 2 is 1.53 bits per heavy atom. The zero-order valence-electron chi connectivity index (χ0n) is 11.4. The molecule has 1 nitrogen and oxygen atoms in total. The van der Waals surface area contributed by atoms with Gasteiger partial charge in [0.25, 0.3) is 0 Å². The molecule has 0 atom stereocenters. The van der Waals surface area contributed by atoms with E-state index in [0.717, 1.165) is 12.5 Å². The Morgan fingerprint density at radius 1 is 1.00 bits per heavy atom. The van der Waals surface area contributed by atoms with E-state index >= 15 is 0 Å². The Kier molecular flexibility index (Phi) is 8.13. The van der Waals surface area contributed by atoms with Crippen LogP contribution >= 0.6 is 0 Å². The lowest BCUT2D eigenvalue weighted by Crippen LogP contribution is -2.18. The second kappa shape index (κ2) is 8.15. The predicted octanol–water partition coefficient (Wildman–Crippen LogP) is 4.80. The molecule has 1 saturated carbocycles. The van der Waals surface area contributed by atoms with Crippen LogP contribution in [0.2, 0.25) is 0 Å². The molecule has 1 rings (SSSR count). The Balaban J connectivity index is 0.000000265. The average Bonchev–Trinajstić information content (AvgIpc) is 2.18. The van der Waals surface area contributed by atoms with Crippen LogP contribution in [0.5, 0.6) is 0 Å². The van der Waals surface area contributed by atoms with Crippen LogP contribution in [0.25, 0.3) is 0 Å². The molecular weight excluding hydrogens is 184 g/mol. The second-order valence-electron chi connectivity index (χ2n) is 5.46. The van der Waals surface area contributed by atoms with Crippen LogP contribution in [-0.2, 0) is 4.74 Å². The van der Waals surface area contributed by atoms with E-state index in [9.17, 15) is 0 Å². The van der Waals surface area contributed by atoms with Crippen LogP contribution in [0, 0.1) is 5.92 Å². The highest BCUT2D eigenvalue weighted by atomic mass is 16.5. The highest BCUT2D eigenvalue weighted by molar-refractivity contribution is 4.63. The highest BCUT2D eigenvalue weighted by Crippen LogP contribution is 2.25. The van der Waals surface area contributed by atoms with Gasteiger partial charge in [-0.15, -0.1) is 0 Å². The van der Waals surface area contributed by atoms with Gasteiger partial charge in [-0.05, 0) is 33.6 Å². The van der Waals surface area contributed by atoms with E-state index in [1.165, 1.54) is 38.5 Å². The van der Waals surface area contributed by atoms with E-state index in [-0.39, 0.29) is 5.60 Å². The quantitative estimate of drug-likeness (QED) is 0.641. The van der Waals surface area contributed by atoms with Crippen LogP contribution in [0.15, 0.2) is 0 Å². The van der Waals surface area contributed by atoms with Crippen LogP contribution in [0.4, 0.5) is 0 Å². The van der Waals surface area contributed by atoms with Gasteiger partial charge in [0.2, 0.25) is 0 Å². The van der Waals surface area contributed by atoms with E-state index in [2.05, 4.69) is 27.7 Å². The molecule has 0 heterocycles. The van der Waals surface area contributed by atoms with Gasteiger partial charge in [-0.2, -0.15) is 0 Å². The summed E-state index contributed by atoms with van der Waals surface area (Å²) < 4.78 is 5.23. The Morgan fingerprint density at radius 3 is 1.73 bits per heavy atom. The molecule has 1 heteroatoms. The minimum atomic E-state index is 0.0503. The predicted molar refractivity (Wildman–Crippen MR) is 68.2 cm³/mol. The van der Waals surface area contributed by atoms with Crippen molar-refractivity contribution < 1.29 is 4.74 Å². The van der Waals surface area contributed by atoms with Gasteiger partial charge in [0.15, 0.2) is 0 Å². The lowest BCUT2D eigenvalue weighted by Gasteiger charge is -2.18. The minimum Gasteiger partial charge on any atom is -0.376 e. The molecule has 15 heavy (non-hydrogen) atoms. The van der Waals surface area contributed by atoms with Crippen molar-refractivity contribution in [1.29, 1.82) is 0 Å². The van der Waals surface area contributed by atoms with E-state index in [1.54, 1.807) is 0 Å². The SMILES string of the molecule is CCC1CCCCC1.CCOC(C)(C)C. The zero-order valence-corrected chi connectivity index (χ0v) is 11.4. The molecule has 0 unspecified atom stereocenters. The largest absolute Gasteiger partial charge is 0.376 e. The van der Waals surface area contributed by atoms with Crippen molar-refractivity contribution in [2.24, 2.45) is 5.92 Å². The second-order valence-corrected chi connectivity index (χ2v) is 5.46. The molecule has 0 radical (unpaired) electrons. The first-order valence-corrected chi connectivity index (χ1v) is 6.63. The van der Waals surface area contributed by atoms with E-state index in [1.807, 2.05) is 6.92 Å². The minimum absolute atomic E-state index is 0.0503. The number of hydrogen-bond donors (Lipinski definition) is 0. The molecule has 0 saturated heterocycles. The number of hydrogen-bond acceptors (Lipinski definition) is 1. The molecule has 0 aliphatic heterocycles. The van der Waals surface area contributed by atoms with Crippen molar-refractivity contribution >= 4 is 0 Å². The lowest BCUT2D eigenvalue weighted by atomic mass is 9.88. The maximum atomic E-state index is 5.23. The topological polar surface area (TPSA) is 9.23 Å². The molecule has 1 aliphatic rings. The Bertz CT molecular complexity index is 129. The summed E-state index contributed by atoms with van der Waals surface area (Å²) in [5.41, 5.74) is 0.0503. The van der Waals surface area contributed by atoms with Gasteiger partial charge in [-0.3, -0.25) is 0 Å². The van der Waals surface area contributed by atoms with Gasteiger partial charge in [-0.25, -0.2) is 0 Å². The summed E-state index contributed by atoms with van der Waals surface area (Å²) in [6.07, 6.45) is 8.93. The summed E-state index contributed by atoms with van der Waals surface area (Å²) in [4.78, 5) is 0. The number of rotatable bonds is 2. The molecule has 0 bridgehead atoms. The average molecular weight is 214 g/mol. The molecule has 0 aromatic rings. The van der Waals surface area contributed by atoms with Crippen molar-refractivity contribution in [3.05, 3.63) is 0 Å². The van der Waals surface area contributed by atoms with Gasteiger partial charge < -0.3 is 4.74 Å². The summed E-state index contributed by atoms with van der Waals surface area (Å²) in [6.45, 7) is 11.3. The summed E-state index contributed by atoms with van der Waals surface area (Å²) in [5, 5.41) is 0. The summed E-state index contributed by atoms with van der Waals surface area (Å²) >= 11 is 0. The van der Waals surface area contributed by atoms with Crippen LogP contribution in [0.3, 0.4) is 0 Å². The first kappa shape index (κ1) is 15.0. The fourth-order valence-electron chi connectivity index (χ4n) is 2.03. The van der Waals surface area contributed by atoms with Crippen molar-refractivity contribution in [3.63, 3.8) is 0 Å². The van der Waals surface area contributed by atoms with Gasteiger partial charge in [0.05, 0.1) is 5.60 Å². The standard InChI is InChI=1S/C8H16.C6H14O/c1-2-8-6-4-3-5-7-8;1-5-7-6(2,3)4/h8H,2-7H2,1H3;5H2,1-4H3. The van der Waals surface area contributed by atoms with E-state index in [0.29, 0.717) is 0 Å². The van der Waals surface area contributed by atoms with Crippen LogP contribution in [0.1, 0.15) is 73.1 Å². The normalized spacial score (nSPS) is 18.2. The fraction of sp³-hybridized carbons (Fsp3) is 1.00. The van der Waals surface area contributed by atoms with Crippen molar-refractivity contribution in [2.75, 3.05) is 6.61 Å². The Hall–Kier alpha value is -0.0400. The van der Waals surface area contributed by atoms with Gasteiger partial charge >= 0.3 is 0 Å². The fourth-order valence-corrected chi connectivity index (χ4v) is 2.03. The smallest absolute Gasteiger partial charge is 0.0598 e. The van der Waals surface area contributed by atoms with Crippen LogP contribution in [-0.4, -0.2) is 12.2 Å². The van der Waals surface area contributed by atoms with E-state index < -0.39 is 0 Å². The highest BCUT2D eigenvalue weighted by Gasteiger charge is 2.09. The van der Waals surface area contributed by atoms with Gasteiger partial charge in [0.1, 0.15) is 0 Å². The molecule has 0 aromatic carbocycles. The molecule has 1 aliphatic carbocycles. The van der Waals surface area contributed by atoms with Crippen LogP contribution < -0.4 is 0 Å². The third-order valence-corrected chi connectivity index (χ3v) is 2.88. The molecule has 1 fully saturated rings. The molecule has 0 spiro atoms.